The average Bonchev–Trinajstić information content (AvgIpc) is 3.18. The van der Waals surface area contributed by atoms with Crippen LogP contribution >= 0.6 is 15.9 Å². The number of halogens is 1. The maximum absolute atomic E-state index is 12.3. The molecule has 110 valence electrons. The van der Waals surface area contributed by atoms with Gasteiger partial charge < -0.3 is 10.3 Å². The molecule has 2 aromatic heterocycles. The molecule has 0 unspecified atom stereocenters. The average molecular weight is 349 g/mol. The fourth-order valence-corrected chi connectivity index (χ4v) is 4.21. The number of nitrogens with one attached hydrogen (secondary N) is 2. The first-order chi connectivity index (χ1) is 10.2. The number of hydrogen-bond acceptors (Lipinski definition) is 3. The molecule has 21 heavy (non-hydrogen) atoms. The molecule has 0 radical (unpaired) electrons. The van der Waals surface area contributed by atoms with E-state index in [9.17, 15) is 4.79 Å². The minimum atomic E-state index is 0.191. The highest BCUT2D eigenvalue weighted by atomic mass is 79.9. The van der Waals surface area contributed by atoms with Crippen molar-refractivity contribution in [3.8, 4) is 0 Å². The summed E-state index contributed by atoms with van der Waals surface area (Å²) in [5.41, 5.74) is 1.57. The Labute approximate surface area is 131 Å². The van der Waals surface area contributed by atoms with E-state index < -0.39 is 0 Å². The van der Waals surface area contributed by atoms with Crippen LogP contribution in [0.5, 0.6) is 0 Å². The van der Waals surface area contributed by atoms with Crippen molar-refractivity contribution in [1.82, 2.24) is 20.3 Å². The number of nitrogens with zero attached hydrogens (tertiary/aromatic N) is 2. The summed E-state index contributed by atoms with van der Waals surface area (Å²) < 4.78 is 0.913. The molecule has 0 saturated heterocycles. The lowest BCUT2D eigenvalue weighted by molar-refractivity contribution is -0.126. The predicted octanol–water partition coefficient (Wildman–Crippen LogP) is 2.77. The normalized spacial score (nSPS) is 27.4. The Morgan fingerprint density at radius 1 is 1.43 bits per heavy atom. The Bertz CT molecular complexity index is 698. The van der Waals surface area contributed by atoms with Crippen LogP contribution < -0.4 is 5.32 Å². The lowest BCUT2D eigenvalue weighted by atomic mass is 9.88. The van der Waals surface area contributed by atoms with Crippen molar-refractivity contribution in [3.05, 3.63) is 22.6 Å². The third-order valence-corrected chi connectivity index (χ3v) is 5.29. The van der Waals surface area contributed by atoms with Gasteiger partial charge in [-0.3, -0.25) is 4.79 Å². The van der Waals surface area contributed by atoms with Crippen molar-refractivity contribution in [3.63, 3.8) is 0 Å². The van der Waals surface area contributed by atoms with Crippen molar-refractivity contribution in [2.45, 2.75) is 32.2 Å². The molecule has 2 aliphatic rings. The third-order valence-electron chi connectivity index (χ3n) is 4.86. The number of pyridine rings is 1. The molecule has 2 aromatic rings. The van der Waals surface area contributed by atoms with Crippen LogP contribution in [0, 0.1) is 17.8 Å². The van der Waals surface area contributed by atoms with Gasteiger partial charge in [-0.05, 0) is 53.1 Å². The zero-order chi connectivity index (χ0) is 14.4. The van der Waals surface area contributed by atoms with Gasteiger partial charge in [0, 0.05) is 16.6 Å². The summed E-state index contributed by atoms with van der Waals surface area (Å²) in [4.78, 5) is 24.1. The van der Waals surface area contributed by atoms with E-state index in [0.29, 0.717) is 18.1 Å². The maximum Gasteiger partial charge on any atom is 0.223 e. The van der Waals surface area contributed by atoms with E-state index in [1.807, 2.05) is 6.07 Å². The third kappa shape index (κ3) is 2.46. The van der Waals surface area contributed by atoms with Gasteiger partial charge in [0.1, 0.15) is 5.82 Å². The summed E-state index contributed by atoms with van der Waals surface area (Å²) in [5, 5.41) is 3.03. The van der Waals surface area contributed by atoms with Crippen LogP contribution in [-0.2, 0) is 11.3 Å². The molecule has 2 fully saturated rings. The Balaban J connectivity index is 1.42. The zero-order valence-electron chi connectivity index (χ0n) is 11.6. The second kappa shape index (κ2) is 5.09. The van der Waals surface area contributed by atoms with E-state index in [0.717, 1.165) is 28.2 Å². The zero-order valence-corrected chi connectivity index (χ0v) is 13.2. The number of imidazole rings is 1. The van der Waals surface area contributed by atoms with E-state index in [-0.39, 0.29) is 11.8 Å². The summed E-state index contributed by atoms with van der Waals surface area (Å²) in [5.74, 6) is 2.58. The lowest BCUT2D eigenvalue weighted by Gasteiger charge is -2.20. The van der Waals surface area contributed by atoms with Crippen molar-refractivity contribution in [2.24, 2.45) is 17.8 Å². The van der Waals surface area contributed by atoms with Gasteiger partial charge in [0.15, 0.2) is 5.65 Å². The number of hydrogen-bond donors (Lipinski definition) is 2. The van der Waals surface area contributed by atoms with E-state index in [2.05, 4.69) is 36.2 Å². The van der Waals surface area contributed by atoms with Crippen molar-refractivity contribution >= 4 is 33.0 Å². The minimum Gasteiger partial charge on any atom is -0.349 e. The number of H-pyrrole nitrogens is 1. The maximum atomic E-state index is 12.3. The largest absolute Gasteiger partial charge is 0.349 e. The number of carbonyl (C=O) groups is 1. The van der Waals surface area contributed by atoms with E-state index >= 15 is 0 Å². The first-order valence-electron chi connectivity index (χ1n) is 7.47. The van der Waals surface area contributed by atoms with Crippen LogP contribution in [0.4, 0.5) is 0 Å². The molecule has 0 spiro atoms. The Morgan fingerprint density at radius 2 is 2.33 bits per heavy atom. The molecule has 0 aromatic carbocycles. The second-order valence-corrected chi connectivity index (χ2v) is 7.12. The van der Waals surface area contributed by atoms with E-state index in [1.165, 1.54) is 19.3 Å². The molecule has 2 aliphatic carbocycles. The molecular weight excluding hydrogens is 332 g/mol. The molecule has 3 atom stereocenters. The van der Waals surface area contributed by atoms with Crippen LogP contribution in [0.15, 0.2) is 16.7 Å². The first-order valence-corrected chi connectivity index (χ1v) is 8.26. The van der Waals surface area contributed by atoms with Crippen LogP contribution in [0.2, 0.25) is 0 Å². The smallest absolute Gasteiger partial charge is 0.223 e. The molecule has 4 rings (SSSR count). The topological polar surface area (TPSA) is 70.7 Å². The molecule has 5 nitrogen and oxygen atoms in total. The second-order valence-electron chi connectivity index (χ2n) is 6.21. The van der Waals surface area contributed by atoms with Gasteiger partial charge in [0.05, 0.1) is 12.1 Å². The lowest BCUT2D eigenvalue weighted by Crippen LogP contribution is -2.33. The molecular formula is C15H17BrN4O. The molecule has 2 saturated carbocycles. The van der Waals surface area contributed by atoms with Crippen molar-refractivity contribution in [1.29, 1.82) is 0 Å². The SMILES string of the molecule is O=C(NCc1nc2ncc(Br)cc2[nH]1)[C@H]1C[C@H]2CC[C@H]1C2. The van der Waals surface area contributed by atoms with E-state index in [4.69, 9.17) is 0 Å². The van der Waals surface area contributed by atoms with Crippen LogP contribution in [0.1, 0.15) is 31.5 Å². The molecule has 0 aliphatic heterocycles. The molecule has 2 heterocycles. The molecule has 2 N–H and O–H groups in total. The van der Waals surface area contributed by atoms with Gasteiger partial charge in [-0.25, -0.2) is 9.97 Å². The van der Waals surface area contributed by atoms with Gasteiger partial charge >= 0.3 is 0 Å². The predicted molar refractivity (Wildman–Crippen MR) is 82.4 cm³/mol. The summed E-state index contributed by atoms with van der Waals surface area (Å²) in [6.45, 7) is 0.445. The highest BCUT2D eigenvalue weighted by Crippen LogP contribution is 2.48. The van der Waals surface area contributed by atoms with Crippen molar-refractivity contribution in [2.75, 3.05) is 0 Å². The summed E-state index contributed by atoms with van der Waals surface area (Å²) in [6, 6.07) is 1.94. The highest BCUT2D eigenvalue weighted by molar-refractivity contribution is 9.10. The summed E-state index contributed by atoms with van der Waals surface area (Å²) in [6.07, 6.45) is 6.59. The number of rotatable bonds is 3. The standard InChI is InChI=1S/C15H17BrN4O/c16-10-5-12-14(17-6-10)20-13(19-12)7-18-15(21)11-4-8-1-2-9(11)3-8/h5-6,8-9,11H,1-4,7H2,(H,18,21)(H,17,19,20)/t8-,9-,11-/m0/s1. The van der Waals surface area contributed by atoms with Crippen LogP contribution in [0.25, 0.3) is 11.2 Å². The van der Waals surface area contributed by atoms with Crippen LogP contribution in [-0.4, -0.2) is 20.9 Å². The number of fused-ring (bicyclic) bond motifs is 3. The number of aromatic nitrogens is 3. The van der Waals surface area contributed by atoms with Crippen LogP contribution in [0.3, 0.4) is 0 Å². The number of amides is 1. The minimum absolute atomic E-state index is 0.191. The van der Waals surface area contributed by atoms with Crippen molar-refractivity contribution < 1.29 is 4.79 Å². The highest BCUT2D eigenvalue weighted by Gasteiger charge is 2.42. The Hall–Kier alpha value is -1.43. The quantitative estimate of drug-likeness (QED) is 0.895. The van der Waals surface area contributed by atoms with Gasteiger partial charge in [0.2, 0.25) is 5.91 Å². The molecule has 6 heteroatoms. The fraction of sp³-hybridized carbons (Fsp3) is 0.533. The number of aromatic amines is 1. The van der Waals surface area contributed by atoms with Gasteiger partial charge in [-0.2, -0.15) is 0 Å². The first kappa shape index (κ1) is 13.2. The summed E-state index contributed by atoms with van der Waals surface area (Å²) >= 11 is 3.39. The monoisotopic (exact) mass is 348 g/mol. The molecule has 2 bridgehead atoms. The Kier molecular flexibility index (Phi) is 3.21. The van der Waals surface area contributed by atoms with E-state index in [1.54, 1.807) is 6.20 Å². The Morgan fingerprint density at radius 3 is 3.10 bits per heavy atom. The van der Waals surface area contributed by atoms with Gasteiger partial charge in [0.25, 0.3) is 0 Å². The summed E-state index contributed by atoms with van der Waals surface area (Å²) in [7, 11) is 0. The van der Waals surface area contributed by atoms with Gasteiger partial charge in [-0.1, -0.05) is 6.42 Å². The molecule has 1 amide bonds. The number of carbonyl (C=O) groups excluding carboxylic acids is 1. The van der Waals surface area contributed by atoms with Gasteiger partial charge in [-0.15, -0.1) is 0 Å². The fourth-order valence-electron chi connectivity index (χ4n) is 3.88.